The Kier molecular flexibility index (Phi) is 3.22. The van der Waals surface area contributed by atoms with Crippen molar-refractivity contribution in [3.63, 3.8) is 0 Å². The van der Waals surface area contributed by atoms with Crippen molar-refractivity contribution in [2.75, 3.05) is 13.1 Å². The molecule has 15 heavy (non-hydrogen) atoms. The van der Waals surface area contributed by atoms with Gasteiger partial charge in [0.05, 0.1) is 0 Å². The molecule has 1 nitrogen and oxygen atoms in total. The smallest absolute Gasteiger partial charge is 0.0351 e. The van der Waals surface area contributed by atoms with Crippen LogP contribution in [0.2, 0.25) is 0 Å². The molecule has 0 bridgehead atoms. The lowest BCUT2D eigenvalue weighted by molar-refractivity contribution is 0.279. The summed E-state index contributed by atoms with van der Waals surface area (Å²) in [6.45, 7) is 8.37. The van der Waals surface area contributed by atoms with Crippen LogP contribution in [0.5, 0.6) is 0 Å². The molecule has 1 saturated heterocycles. The van der Waals surface area contributed by atoms with Crippen LogP contribution in [0.25, 0.3) is 0 Å². The number of nitrogens with zero attached hydrogens (tertiary/aromatic N) is 1. The fourth-order valence-corrected chi connectivity index (χ4v) is 2.41. The highest BCUT2D eigenvalue weighted by Gasteiger charge is 2.25. The third-order valence-corrected chi connectivity index (χ3v) is 3.02. The van der Waals surface area contributed by atoms with E-state index >= 15 is 0 Å². The Bertz CT molecular complexity index is 328. The molecule has 0 aliphatic carbocycles. The van der Waals surface area contributed by atoms with Crippen molar-refractivity contribution in [3.8, 4) is 0 Å². The molecule has 1 aliphatic heterocycles. The Hall–Kier alpha value is -1.08. The van der Waals surface area contributed by atoms with Gasteiger partial charge >= 0.3 is 0 Å². The Morgan fingerprint density at radius 3 is 2.80 bits per heavy atom. The largest absolute Gasteiger partial charge is 0.292 e. The average molecular weight is 201 g/mol. The lowest BCUT2D eigenvalue weighted by atomic mass is 10.0. The Balaban J connectivity index is 2.11. The molecule has 1 aromatic rings. The minimum Gasteiger partial charge on any atom is -0.292 e. The molecule has 1 unspecified atom stereocenters. The van der Waals surface area contributed by atoms with Crippen molar-refractivity contribution >= 4 is 0 Å². The van der Waals surface area contributed by atoms with Gasteiger partial charge in [-0.15, -0.1) is 0 Å². The van der Waals surface area contributed by atoms with Crippen LogP contribution in [0.3, 0.4) is 0 Å². The lowest BCUT2D eigenvalue weighted by Gasteiger charge is -2.24. The van der Waals surface area contributed by atoms with Crippen molar-refractivity contribution in [3.05, 3.63) is 48.0 Å². The summed E-state index contributed by atoms with van der Waals surface area (Å²) in [7, 11) is 0. The van der Waals surface area contributed by atoms with Gasteiger partial charge in [0.1, 0.15) is 0 Å². The first-order valence-electron chi connectivity index (χ1n) is 5.71. The normalized spacial score (nSPS) is 21.8. The van der Waals surface area contributed by atoms with E-state index in [2.05, 4.69) is 48.7 Å². The highest BCUT2D eigenvalue weighted by Crippen LogP contribution is 2.31. The van der Waals surface area contributed by atoms with Crippen molar-refractivity contribution in [1.82, 2.24) is 4.90 Å². The first-order valence-corrected chi connectivity index (χ1v) is 5.71. The summed E-state index contributed by atoms with van der Waals surface area (Å²) < 4.78 is 0. The summed E-state index contributed by atoms with van der Waals surface area (Å²) in [6, 6.07) is 11.4. The minimum absolute atomic E-state index is 0.614. The monoisotopic (exact) mass is 201 g/mol. The van der Waals surface area contributed by atoms with Crippen molar-refractivity contribution < 1.29 is 0 Å². The van der Waals surface area contributed by atoms with Gasteiger partial charge < -0.3 is 0 Å². The van der Waals surface area contributed by atoms with Gasteiger partial charge in [-0.1, -0.05) is 42.5 Å². The van der Waals surface area contributed by atoms with E-state index in [1.807, 2.05) is 0 Å². The van der Waals surface area contributed by atoms with Gasteiger partial charge in [-0.3, -0.25) is 4.90 Å². The zero-order valence-electron chi connectivity index (χ0n) is 9.45. The second-order valence-corrected chi connectivity index (χ2v) is 4.50. The number of hydrogen-bond acceptors (Lipinski definition) is 1. The SMILES string of the molecule is C=C(C)CN1CCCC1c1ccccc1. The summed E-state index contributed by atoms with van der Waals surface area (Å²) in [5.74, 6) is 0. The first kappa shape index (κ1) is 10.4. The van der Waals surface area contributed by atoms with E-state index in [0.717, 1.165) is 6.54 Å². The molecule has 80 valence electrons. The fraction of sp³-hybridized carbons (Fsp3) is 0.429. The zero-order valence-corrected chi connectivity index (χ0v) is 9.45. The minimum atomic E-state index is 0.614. The summed E-state index contributed by atoms with van der Waals surface area (Å²) in [6.07, 6.45) is 2.60. The van der Waals surface area contributed by atoms with E-state index in [1.54, 1.807) is 0 Å². The second kappa shape index (κ2) is 4.63. The molecule has 0 amide bonds. The molecular weight excluding hydrogens is 182 g/mol. The molecule has 0 saturated carbocycles. The van der Waals surface area contributed by atoms with E-state index in [0.29, 0.717) is 6.04 Å². The third-order valence-electron chi connectivity index (χ3n) is 3.02. The van der Waals surface area contributed by atoms with Gasteiger partial charge in [-0.2, -0.15) is 0 Å². The molecule has 1 atom stereocenters. The molecule has 1 fully saturated rings. The van der Waals surface area contributed by atoms with Crippen LogP contribution in [0.1, 0.15) is 31.4 Å². The number of hydrogen-bond donors (Lipinski definition) is 0. The van der Waals surface area contributed by atoms with Crippen LogP contribution < -0.4 is 0 Å². The van der Waals surface area contributed by atoms with Crippen molar-refractivity contribution in [2.45, 2.75) is 25.8 Å². The Labute approximate surface area is 92.4 Å². The molecule has 0 aromatic heterocycles. The average Bonchev–Trinajstić information content (AvgIpc) is 2.66. The van der Waals surface area contributed by atoms with Crippen LogP contribution in [0.4, 0.5) is 0 Å². The summed E-state index contributed by atoms with van der Waals surface area (Å²) in [5, 5.41) is 0. The van der Waals surface area contributed by atoms with Crippen LogP contribution in [-0.4, -0.2) is 18.0 Å². The standard InChI is InChI=1S/C14H19N/c1-12(2)11-15-10-6-9-14(15)13-7-4-3-5-8-13/h3-5,7-8,14H,1,6,9-11H2,2H3. The van der Waals surface area contributed by atoms with E-state index in [4.69, 9.17) is 0 Å². The fourth-order valence-electron chi connectivity index (χ4n) is 2.41. The van der Waals surface area contributed by atoms with Gasteiger partial charge in [0.25, 0.3) is 0 Å². The van der Waals surface area contributed by atoms with Gasteiger partial charge in [-0.25, -0.2) is 0 Å². The van der Waals surface area contributed by atoms with Crippen LogP contribution in [0, 0.1) is 0 Å². The van der Waals surface area contributed by atoms with Crippen LogP contribution >= 0.6 is 0 Å². The second-order valence-electron chi connectivity index (χ2n) is 4.50. The maximum Gasteiger partial charge on any atom is 0.0351 e. The maximum atomic E-state index is 4.01. The quantitative estimate of drug-likeness (QED) is 0.677. The Morgan fingerprint density at radius 1 is 1.40 bits per heavy atom. The number of likely N-dealkylation sites (tertiary alicyclic amines) is 1. The lowest BCUT2D eigenvalue weighted by Crippen LogP contribution is -2.24. The first-order chi connectivity index (χ1) is 7.27. The molecule has 0 spiro atoms. The molecule has 1 aromatic carbocycles. The molecule has 0 N–H and O–H groups in total. The highest BCUT2D eigenvalue weighted by atomic mass is 15.2. The predicted molar refractivity (Wildman–Crippen MR) is 64.8 cm³/mol. The van der Waals surface area contributed by atoms with E-state index in [9.17, 15) is 0 Å². The molecule has 1 aliphatic rings. The van der Waals surface area contributed by atoms with Gasteiger partial charge in [-0.05, 0) is 31.9 Å². The predicted octanol–water partition coefficient (Wildman–Crippen LogP) is 3.40. The van der Waals surface area contributed by atoms with Crippen molar-refractivity contribution in [1.29, 1.82) is 0 Å². The van der Waals surface area contributed by atoms with E-state index in [1.165, 1.54) is 30.5 Å². The van der Waals surface area contributed by atoms with Gasteiger partial charge in [0.15, 0.2) is 0 Å². The summed E-state index contributed by atoms with van der Waals surface area (Å²) >= 11 is 0. The number of benzene rings is 1. The van der Waals surface area contributed by atoms with Crippen molar-refractivity contribution in [2.24, 2.45) is 0 Å². The molecule has 1 heteroatoms. The number of rotatable bonds is 3. The zero-order chi connectivity index (χ0) is 10.7. The molecule has 2 rings (SSSR count). The summed E-state index contributed by atoms with van der Waals surface area (Å²) in [5.41, 5.74) is 2.72. The molecule has 1 heterocycles. The molecular formula is C14H19N. The topological polar surface area (TPSA) is 3.24 Å². The Morgan fingerprint density at radius 2 is 2.13 bits per heavy atom. The van der Waals surface area contributed by atoms with E-state index < -0.39 is 0 Å². The van der Waals surface area contributed by atoms with Crippen LogP contribution in [0.15, 0.2) is 42.5 Å². The highest BCUT2D eigenvalue weighted by molar-refractivity contribution is 5.20. The van der Waals surface area contributed by atoms with E-state index in [-0.39, 0.29) is 0 Å². The molecule has 0 radical (unpaired) electrons. The maximum absolute atomic E-state index is 4.01. The van der Waals surface area contributed by atoms with Gasteiger partial charge in [0.2, 0.25) is 0 Å². The van der Waals surface area contributed by atoms with Crippen LogP contribution in [-0.2, 0) is 0 Å². The summed E-state index contributed by atoms with van der Waals surface area (Å²) in [4.78, 5) is 2.54. The third kappa shape index (κ3) is 2.48. The van der Waals surface area contributed by atoms with Gasteiger partial charge in [0, 0.05) is 12.6 Å².